The summed E-state index contributed by atoms with van der Waals surface area (Å²) in [7, 11) is -3.69. The molecule has 0 saturated carbocycles. The molecule has 0 fully saturated rings. The van der Waals surface area contributed by atoms with Gasteiger partial charge in [0.1, 0.15) is 5.76 Å². The molecular formula is C18H20N4O3S. The topological polar surface area (TPSA) is 89.5 Å². The fraction of sp³-hybridized carbons (Fsp3) is 0.222. The minimum atomic E-state index is -3.69. The molecule has 0 atom stereocenters. The summed E-state index contributed by atoms with van der Waals surface area (Å²) in [4.78, 5) is 2.41. The highest BCUT2D eigenvalue weighted by molar-refractivity contribution is 7.89. The van der Waals surface area contributed by atoms with Crippen molar-refractivity contribution in [3.63, 3.8) is 0 Å². The van der Waals surface area contributed by atoms with E-state index in [1.165, 1.54) is 6.21 Å². The van der Waals surface area contributed by atoms with E-state index >= 15 is 0 Å². The van der Waals surface area contributed by atoms with Crippen LogP contribution in [0.1, 0.15) is 28.3 Å². The third kappa shape index (κ3) is 3.55. The van der Waals surface area contributed by atoms with Gasteiger partial charge in [-0.2, -0.15) is 13.5 Å². The van der Waals surface area contributed by atoms with Gasteiger partial charge in [0.2, 0.25) is 0 Å². The lowest BCUT2D eigenvalue weighted by Crippen LogP contribution is -2.18. The number of hydrogen-bond acceptors (Lipinski definition) is 5. The molecule has 136 valence electrons. The van der Waals surface area contributed by atoms with E-state index in [0.717, 1.165) is 22.5 Å². The third-order valence-corrected chi connectivity index (χ3v) is 5.26. The molecule has 0 amide bonds. The van der Waals surface area contributed by atoms with Crippen molar-refractivity contribution in [2.75, 3.05) is 0 Å². The molecule has 0 bridgehead atoms. The molecule has 3 aromatic rings. The van der Waals surface area contributed by atoms with Gasteiger partial charge in [0.25, 0.3) is 10.0 Å². The summed E-state index contributed by atoms with van der Waals surface area (Å²) in [6, 6.07) is 10.3. The van der Waals surface area contributed by atoms with Crippen molar-refractivity contribution in [1.29, 1.82) is 0 Å². The monoisotopic (exact) mass is 372 g/mol. The van der Waals surface area contributed by atoms with Gasteiger partial charge in [-0.05, 0) is 45.9 Å². The van der Waals surface area contributed by atoms with E-state index in [4.69, 9.17) is 4.52 Å². The quantitative estimate of drug-likeness (QED) is 0.551. The number of rotatable bonds is 5. The summed E-state index contributed by atoms with van der Waals surface area (Å²) in [5, 5.41) is 7.93. The lowest BCUT2D eigenvalue weighted by molar-refractivity contribution is 0.394. The van der Waals surface area contributed by atoms with Crippen molar-refractivity contribution in [2.45, 2.75) is 32.6 Å². The minimum absolute atomic E-state index is 0.170. The Morgan fingerprint density at radius 1 is 1.12 bits per heavy atom. The Hall–Kier alpha value is -2.87. The largest absolute Gasteiger partial charge is 0.360 e. The average molecular weight is 372 g/mol. The number of nitrogens with one attached hydrogen (secondary N) is 1. The maximum Gasteiger partial charge on any atom is 0.276 e. The van der Waals surface area contributed by atoms with Crippen LogP contribution in [0.15, 0.2) is 50.9 Å². The summed E-state index contributed by atoms with van der Waals surface area (Å²) in [6.07, 6.45) is 1.48. The van der Waals surface area contributed by atoms with Gasteiger partial charge < -0.3 is 4.52 Å². The molecule has 1 aromatic carbocycles. The second kappa shape index (κ2) is 6.80. The van der Waals surface area contributed by atoms with E-state index in [1.54, 1.807) is 24.3 Å². The van der Waals surface area contributed by atoms with Crippen molar-refractivity contribution in [3.05, 3.63) is 64.7 Å². The summed E-state index contributed by atoms with van der Waals surface area (Å²) in [5.74, 6) is 1.39. The predicted molar refractivity (Wildman–Crippen MR) is 99.1 cm³/mol. The Balaban J connectivity index is 1.82. The van der Waals surface area contributed by atoms with Crippen LogP contribution in [0.2, 0.25) is 0 Å². The SMILES string of the molecule is Cc1ccc(S(=O)(=O)N/N=C\c2cc(C)n(-c3cc(C)on3)c2C)cc1. The van der Waals surface area contributed by atoms with Crippen LogP contribution in [-0.4, -0.2) is 24.4 Å². The van der Waals surface area contributed by atoms with Gasteiger partial charge in [-0.1, -0.05) is 22.9 Å². The lowest BCUT2D eigenvalue weighted by Gasteiger charge is -2.04. The molecule has 2 heterocycles. The molecule has 0 aliphatic heterocycles. The molecule has 0 radical (unpaired) electrons. The highest BCUT2D eigenvalue weighted by atomic mass is 32.2. The van der Waals surface area contributed by atoms with Crippen LogP contribution in [0.4, 0.5) is 0 Å². The first-order chi connectivity index (χ1) is 12.3. The van der Waals surface area contributed by atoms with E-state index in [9.17, 15) is 8.42 Å². The van der Waals surface area contributed by atoms with E-state index < -0.39 is 10.0 Å². The minimum Gasteiger partial charge on any atom is -0.360 e. The summed E-state index contributed by atoms with van der Waals surface area (Å²) >= 11 is 0. The van der Waals surface area contributed by atoms with Gasteiger partial charge >= 0.3 is 0 Å². The van der Waals surface area contributed by atoms with Crippen LogP contribution < -0.4 is 4.83 Å². The van der Waals surface area contributed by atoms with Crippen molar-refractivity contribution in [3.8, 4) is 5.82 Å². The number of benzene rings is 1. The molecule has 1 N–H and O–H groups in total. The molecule has 3 rings (SSSR count). The van der Waals surface area contributed by atoms with Gasteiger partial charge in [-0.25, -0.2) is 4.83 Å². The molecule has 2 aromatic heterocycles. The van der Waals surface area contributed by atoms with Crippen LogP contribution in [0.3, 0.4) is 0 Å². The molecule has 0 unspecified atom stereocenters. The van der Waals surface area contributed by atoms with Gasteiger partial charge in [-0.3, -0.25) is 4.57 Å². The molecule has 0 saturated heterocycles. The van der Waals surface area contributed by atoms with Crippen LogP contribution in [0, 0.1) is 27.7 Å². The average Bonchev–Trinajstić information content (AvgIpc) is 3.11. The van der Waals surface area contributed by atoms with Gasteiger partial charge in [-0.15, -0.1) is 0 Å². The number of hydrazone groups is 1. The number of aryl methyl sites for hydroxylation is 3. The molecule has 0 aliphatic rings. The maximum absolute atomic E-state index is 12.3. The van der Waals surface area contributed by atoms with E-state index in [-0.39, 0.29) is 4.90 Å². The van der Waals surface area contributed by atoms with Gasteiger partial charge in [0, 0.05) is 23.0 Å². The highest BCUT2D eigenvalue weighted by Crippen LogP contribution is 2.19. The number of sulfonamides is 1. The Kier molecular flexibility index (Phi) is 4.69. The first kappa shape index (κ1) is 17.9. The smallest absolute Gasteiger partial charge is 0.276 e. The molecule has 0 aliphatic carbocycles. The molecule has 0 spiro atoms. The van der Waals surface area contributed by atoms with E-state index in [1.807, 2.05) is 44.4 Å². The first-order valence-corrected chi connectivity index (χ1v) is 9.50. The second-order valence-corrected chi connectivity index (χ2v) is 7.78. The molecule has 26 heavy (non-hydrogen) atoms. The highest BCUT2D eigenvalue weighted by Gasteiger charge is 2.14. The Morgan fingerprint density at radius 2 is 1.81 bits per heavy atom. The van der Waals surface area contributed by atoms with Crippen molar-refractivity contribution in [2.24, 2.45) is 5.10 Å². The Morgan fingerprint density at radius 3 is 2.42 bits per heavy atom. The van der Waals surface area contributed by atoms with Crippen molar-refractivity contribution >= 4 is 16.2 Å². The predicted octanol–water partition coefficient (Wildman–Crippen LogP) is 3.01. The maximum atomic E-state index is 12.3. The van der Waals surface area contributed by atoms with Crippen LogP contribution in [-0.2, 0) is 10.0 Å². The summed E-state index contributed by atoms with van der Waals surface area (Å²) in [6.45, 7) is 7.57. The standard InChI is InChI=1S/C18H20N4O3S/c1-12-5-7-17(8-6-12)26(23,24)21-19-11-16-9-13(2)22(15(16)4)18-10-14(3)25-20-18/h5-11,21H,1-4H3/b19-11-. The number of nitrogens with zero attached hydrogens (tertiary/aromatic N) is 3. The summed E-state index contributed by atoms with van der Waals surface area (Å²) in [5.41, 5.74) is 3.60. The van der Waals surface area contributed by atoms with E-state index in [0.29, 0.717) is 11.6 Å². The fourth-order valence-corrected chi connectivity index (χ4v) is 3.46. The Bertz CT molecular complexity index is 1060. The first-order valence-electron chi connectivity index (χ1n) is 8.02. The number of hydrogen-bond donors (Lipinski definition) is 1. The third-order valence-electron chi connectivity index (χ3n) is 4.02. The fourth-order valence-electron chi connectivity index (χ4n) is 2.66. The lowest BCUT2D eigenvalue weighted by atomic mass is 10.2. The van der Waals surface area contributed by atoms with Gasteiger partial charge in [0.05, 0.1) is 11.1 Å². The molecular weight excluding hydrogens is 352 g/mol. The second-order valence-electron chi connectivity index (χ2n) is 6.12. The molecule has 7 nitrogen and oxygen atoms in total. The Labute approximate surface area is 152 Å². The zero-order valence-corrected chi connectivity index (χ0v) is 15.8. The normalized spacial score (nSPS) is 12.0. The van der Waals surface area contributed by atoms with Crippen LogP contribution in [0.25, 0.3) is 5.82 Å². The van der Waals surface area contributed by atoms with E-state index in [2.05, 4.69) is 15.1 Å². The summed E-state index contributed by atoms with van der Waals surface area (Å²) < 4.78 is 31.6. The molecule has 8 heteroatoms. The van der Waals surface area contributed by atoms with Crippen molar-refractivity contribution in [1.82, 2.24) is 14.6 Å². The van der Waals surface area contributed by atoms with Crippen molar-refractivity contribution < 1.29 is 12.9 Å². The van der Waals surface area contributed by atoms with Crippen LogP contribution in [0.5, 0.6) is 0 Å². The number of aromatic nitrogens is 2. The zero-order chi connectivity index (χ0) is 18.9. The van der Waals surface area contributed by atoms with Crippen LogP contribution >= 0.6 is 0 Å². The van der Waals surface area contributed by atoms with Gasteiger partial charge in [0.15, 0.2) is 5.82 Å². The zero-order valence-electron chi connectivity index (χ0n) is 15.0.